The molecule has 0 spiro atoms. The SMILES string of the molecule is CCOCCn1c(=NC(=O)c2cc(C)nn2C(C)C)sc2c(C)cc(C)cc21. The predicted octanol–water partition coefficient (Wildman–Crippen LogP) is 4.18. The molecule has 0 aliphatic rings. The highest BCUT2D eigenvalue weighted by atomic mass is 32.1. The van der Waals surface area contributed by atoms with Gasteiger partial charge in [-0.25, -0.2) is 0 Å². The molecule has 3 aromatic rings. The molecule has 0 aliphatic heterocycles. The van der Waals surface area contributed by atoms with Gasteiger partial charge in [-0.3, -0.25) is 9.48 Å². The zero-order chi connectivity index (χ0) is 20.4. The summed E-state index contributed by atoms with van der Waals surface area (Å²) in [6, 6.07) is 6.21. The first kappa shape index (κ1) is 20.5. The molecule has 6 nitrogen and oxygen atoms in total. The molecule has 0 saturated heterocycles. The third-order valence-corrected chi connectivity index (χ3v) is 5.77. The molecule has 0 aliphatic carbocycles. The zero-order valence-corrected chi connectivity index (χ0v) is 18.3. The van der Waals surface area contributed by atoms with Crippen LogP contribution in [0.2, 0.25) is 0 Å². The van der Waals surface area contributed by atoms with E-state index in [0.717, 1.165) is 15.9 Å². The van der Waals surface area contributed by atoms with Gasteiger partial charge in [0.05, 0.1) is 22.5 Å². The Morgan fingerprint density at radius 3 is 2.68 bits per heavy atom. The Morgan fingerprint density at radius 2 is 2.00 bits per heavy atom. The van der Waals surface area contributed by atoms with Crippen LogP contribution in [0.15, 0.2) is 23.2 Å². The van der Waals surface area contributed by atoms with Gasteiger partial charge in [0.1, 0.15) is 5.69 Å². The first-order valence-corrected chi connectivity index (χ1v) is 10.5. The van der Waals surface area contributed by atoms with Crippen molar-refractivity contribution >= 4 is 27.5 Å². The molecule has 3 rings (SSSR count). The van der Waals surface area contributed by atoms with E-state index in [1.54, 1.807) is 22.1 Å². The highest BCUT2D eigenvalue weighted by Gasteiger charge is 2.17. The number of hydrogen-bond acceptors (Lipinski definition) is 4. The second-order valence-corrected chi connectivity index (χ2v) is 8.27. The van der Waals surface area contributed by atoms with Crippen molar-refractivity contribution in [2.45, 2.75) is 54.1 Å². The molecular weight excluding hydrogens is 372 g/mol. The first-order valence-electron chi connectivity index (χ1n) is 9.65. The fourth-order valence-electron chi connectivity index (χ4n) is 3.33. The molecule has 0 N–H and O–H groups in total. The second-order valence-electron chi connectivity index (χ2n) is 7.29. The Balaban J connectivity index is 2.14. The number of nitrogens with zero attached hydrogens (tertiary/aromatic N) is 4. The van der Waals surface area contributed by atoms with E-state index in [4.69, 9.17) is 4.74 Å². The average Bonchev–Trinajstić information content (AvgIpc) is 3.17. The number of amides is 1. The quantitative estimate of drug-likeness (QED) is 0.583. The van der Waals surface area contributed by atoms with Gasteiger partial charge in [0.15, 0.2) is 4.80 Å². The van der Waals surface area contributed by atoms with E-state index >= 15 is 0 Å². The van der Waals surface area contributed by atoms with Crippen LogP contribution in [-0.2, 0) is 11.3 Å². The van der Waals surface area contributed by atoms with E-state index in [-0.39, 0.29) is 11.9 Å². The molecule has 150 valence electrons. The molecule has 1 amide bonds. The van der Waals surface area contributed by atoms with E-state index in [9.17, 15) is 4.79 Å². The zero-order valence-electron chi connectivity index (χ0n) is 17.4. The van der Waals surface area contributed by atoms with Crippen molar-refractivity contribution in [1.82, 2.24) is 14.3 Å². The first-order chi connectivity index (χ1) is 13.3. The van der Waals surface area contributed by atoms with Gasteiger partial charge in [-0.1, -0.05) is 17.4 Å². The molecule has 2 aromatic heterocycles. The van der Waals surface area contributed by atoms with Gasteiger partial charge in [0, 0.05) is 19.2 Å². The number of aryl methyl sites for hydroxylation is 3. The fourth-order valence-corrected chi connectivity index (χ4v) is 4.43. The second kappa shape index (κ2) is 8.41. The third kappa shape index (κ3) is 4.10. The molecule has 0 radical (unpaired) electrons. The van der Waals surface area contributed by atoms with Crippen LogP contribution in [-0.4, -0.2) is 33.5 Å². The summed E-state index contributed by atoms with van der Waals surface area (Å²) in [4.78, 5) is 18.2. The van der Waals surface area contributed by atoms with Crippen molar-refractivity contribution in [2.24, 2.45) is 4.99 Å². The maximum atomic E-state index is 13.0. The average molecular weight is 401 g/mol. The lowest BCUT2D eigenvalue weighted by molar-refractivity contribution is 0.0984. The fraction of sp³-hybridized carbons (Fsp3) is 0.476. The summed E-state index contributed by atoms with van der Waals surface area (Å²) in [5.74, 6) is -0.264. The minimum atomic E-state index is -0.264. The van der Waals surface area contributed by atoms with Gasteiger partial charge in [-0.05, 0) is 64.8 Å². The maximum absolute atomic E-state index is 13.0. The van der Waals surface area contributed by atoms with Crippen LogP contribution in [0.25, 0.3) is 10.2 Å². The van der Waals surface area contributed by atoms with Gasteiger partial charge in [0.25, 0.3) is 5.91 Å². The number of carbonyl (C=O) groups excluding carboxylic acids is 1. The number of thiazole rings is 1. The van der Waals surface area contributed by atoms with Crippen LogP contribution in [0.1, 0.15) is 54.1 Å². The molecule has 0 saturated carbocycles. The van der Waals surface area contributed by atoms with Crippen molar-refractivity contribution < 1.29 is 9.53 Å². The summed E-state index contributed by atoms with van der Waals surface area (Å²) >= 11 is 1.55. The lowest BCUT2D eigenvalue weighted by Gasteiger charge is -2.08. The Labute approximate surface area is 169 Å². The maximum Gasteiger partial charge on any atom is 0.297 e. The van der Waals surface area contributed by atoms with E-state index in [2.05, 4.69) is 40.6 Å². The lowest BCUT2D eigenvalue weighted by Crippen LogP contribution is -2.21. The Kier molecular flexibility index (Phi) is 6.15. The van der Waals surface area contributed by atoms with Crippen molar-refractivity contribution in [3.05, 3.63) is 45.5 Å². The van der Waals surface area contributed by atoms with Gasteiger partial charge in [-0.15, -0.1) is 0 Å². The monoisotopic (exact) mass is 400 g/mol. The van der Waals surface area contributed by atoms with Gasteiger partial charge >= 0.3 is 0 Å². The largest absolute Gasteiger partial charge is 0.380 e. The summed E-state index contributed by atoms with van der Waals surface area (Å²) in [5, 5.41) is 4.44. The van der Waals surface area contributed by atoms with Crippen LogP contribution in [0.5, 0.6) is 0 Å². The van der Waals surface area contributed by atoms with E-state index < -0.39 is 0 Å². The highest BCUT2D eigenvalue weighted by Crippen LogP contribution is 2.23. The van der Waals surface area contributed by atoms with Crippen LogP contribution in [0, 0.1) is 20.8 Å². The molecule has 0 atom stereocenters. The van der Waals surface area contributed by atoms with Gasteiger partial charge in [0.2, 0.25) is 0 Å². The van der Waals surface area contributed by atoms with Crippen LogP contribution < -0.4 is 4.80 Å². The number of fused-ring (bicyclic) bond motifs is 1. The van der Waals surface area contributed by atoms with Crippen LogP contribution in [0.3, 0.4) is 0 Å². The Morgan fingerprint density at radius 1 is 1.25 bits per heavy atom. The molecule has 7 heteroatoms. The lowest BCUT2D eigenvalue weighted by atomic mass is 10.1. The number of ether oxygens (including phenoxy) is 1. The summed E-state index contributed by atoms with van der Waals surface area (Å²) in [7, 11) is 0. The topological polar surface area (TPSA) is 61.4 Å². The van der Waals surface area contributed by atoms with E-state index in [1.165, 1.54) is 11.1 Å². The minimum absolute atomic E-state index is 0.0974. The number of aromatic nitrogens is 3. The van der Waals surface area contributed by atoms with E-state index in [1.807, 2.05) is 27.7 Å². The number of rotatable bonds is 6. The standard InChI is InChI=1S/C21H28N4O2S/c1-7-27-9-8-24-17-11-14(4)10-15(5)19(17)28-21(24)22-20(26)18-12-16(6)23-25(18)13(2)3/h10-13H,7-9H2,1-6H3. The van der Waals surface area contributed by atoms with E-state index in [0.29, 0.717) is 30.3 Å². The normalized spacial score (nSPS) is 12.5. The minimum Gasteiger partial charge on any atom is -0.380 e. The van der Waals surface area contributed by atoms with Gasteiger partial charge in [-0.2, -0.15) is 10.1 Å². The Bertz CT molecular complexity index is 1070. The molecule has 0 bridgehead atoms. The smallest absolute Gasteiger partial charge is 0.297 e. The predicted molar refractivity (Wildman–Crippen MR) is 113 cm³/mol. The molecule has 1 aromatic carbocycles. The van der Waals surface area contributed by atoms with Crippen molar-refractivity contribution in [3.63, 3.8) is 0 Å². The third-order valence-electron chi connectivity index (χ3n) is 4.54. The van der Waals surface area contributed by atoms with Crippen LogP contribution >= 0.6 is 11.3 Å². The van der Waals surface area contributed by atoms with Crippen molar-refractivity contribution in [3.8, 4) is 0 Å². The highest BCUT2D eigenvalue weighted by molar-refractivity contribution is 7.16. The number of benzene rings is 1. The van der Waals surface area contributed by atoms with Crippen LogP contribution in [0.4, 0.5) is 0 Å². The molecule has 28 heavy (non-hydrogen) atoms. The van der Waals surface area contributed by atoms with Crippen molar-refractivity contribution in [2.75, 3.05) is 13.2 Å². The number of carbonyl (C=O) groups is 1. The van der Waals surface area contributed by atoms with Gasteiger partial charge < -0.3 is 9.30 Å². The molecule has 0 unspecified atom stereocenters. The molecular formula is C21H28N4O2S. The Hall–Kier alpha value is -2.25. The molecule has 0 fully saturated rings. The summed E-state index contributed by atoms with van der Waals surface area (Å²) in [5.41, 5.74) is 4.83. The summed E-state index contributed by atoms with van der Waals surface area (Å²) in [6.07, 6.45) is 0. The number of hydrogen-bond donors (Lipinski definition) is 0. The molecule has 2 heterocycles. The summed E-state index contributed by atoms with van der Waals surface area (Å²) < 4.78 is 10.6. The summed E-state index contributed by atoms with van der Waals surface area (Å²) in [6.45, 7) is 14.0. The van der Waals surface area contributed by atoms with Crippen molar-refractivity contribution in [1.29, 1.82) is 0 Å².